The standard InChI is InChI=1S/C17H25N3/c1-5-8-11-16(18-6-2)13-20(7-3)14-17-15(4)10-9-12-19-17/h6,8-12H,2,5,7,13-14H2,1,3-4H3/b11-8-,18-16+. The van der Waals surface area contributed by atoms with E-state index < -0.39 is 0 Å². The van der Waals surface area contributed by atoms with Crippen LogP contribution in [0.3, 0.4) is 0 Å². The van der Waals surface area contributed by atoms with Gasteiger partial charge in [0, 0.05) is 25.5 Å². The first-order valence-electron chi connectivity index (χ1n) is 7.18. The molecule has 108 valence electrons. The maximum Gasteiger partial charge on any atom is 0.0573 e. The lowest BCUT2D eigenvalue weighted by Crippen LogP contribution is -2.29. The van der Waals surface area contributed by atoms with Crippen molar-refractivity contribution in [3.8, 4) is 0 Å². The summed E-state index contributed by atoms with van der Waals surface area (Å²) in [5, 5.41) is 0. The zero-order valence-corrected chi connectivity index (χ0v) is 12.8. The molecule has 0 fully saturated rings. The van der Waals surface area contributed by atoms with Crippen LogP contribution in [-0.4, -0.2) is 28.7 Å². The molecule has 1 aromatic rings. The van der Waals surface area contributed by atoms with Crippen LogP contribution < -0.4 is 0 Å². The van der Waals surface area contributed by atoms with E-state index in [1.54, 1.807) is 6.20 Å². The van der Waals surface area contributed by atoms with Gasteiger partial charge >= 0.3 is 0 Å². The van der Waals surface area contributed by atoms with Gasteiger partial charge in [0.15, 0.2) is 0 Å². The van der Waals surface area contributed by atoms with Gasteiger partial charge < -0.3 is 0 Å². The Hall–Kier alpha value is -1.74. The van der Waals surface area contributed by atoms with Gasteiger partial charge in [-0.3, -0.25) is 14.9 Å². The van der Waals surface area contributed by atoms with E-state index in [4.69, 9.17) is 0 Å². The number of aromatic nitrogens is 1. The molecular weight excluding hydrogens is 246 g/mol. The van der Waals surface area contributed by atoms with Crippen molar-refractivity contribution in [2.45, 2.75) is 33.7 Å². The van der Waals surface area contributed by atoms with Crippen molar-refractivity contribution in [2.24, 2.45) is 4.99 Å². The Kier molecular flexibility index (Phi) is 7.51. The third-order valence-corrected chi connectivity index (χ3v) is 3.13. The molecule has 0 aliphatic carbocycles. The smallest absolute Gasteiger partial charge is 0.0573 e. The van der Waals surface area contributed by atoms with Gasteiger partial charge in [-0.05, 0) is 37.6 Å². The second-order valence-corrected chi connectivity index (χ2v) is 4.68. The molecule has 0 saturated heterocycles. The average Bonchev–Trinajstić information content (AvgIpc) is 2.46. The van der Waals surface area contributed by atoms with Crippen molar-refractivity contribution in [2.75, 3.05) is 13.1 Å². The van der Waals surface area contributed by atoms with E-state index >= 15 is 0 Å². The number of allylic oxidation sites excluding steroid dienone is 1. The Bertz CT molecular complexity index is 475. The molecule has 0 saturated carbocycles. The molecular formula is C17H25N3. The number of pyridine rings is 1. The highest BCUT2D eigenvalue weighted by atomic mass is 15.1. The van der Waals surface area contributed by atoms with E-state index in [2.05, 4.69) is 60.4 Å². The van der Waals surface area contributed by atoms with E-state index in [0.29, 0.717) is 0 Å². The SMILES string of the molecule is C=C/N=C(\C=C/CC)CN(CC)Cc1ncccc1C. The van der Waals surface area contributed by atoms with Gasteiger partial charge in [-0.25, -0.2) is 0 Å². The Morgan fingerprint density at radius 3 is 2.85 bits per heavy atom. The molecule has 0 atom stereocenters. The third kappa shape index (κ3) is 5.49. The van der Waals surface area contributed by atoms with E-state index in [-0.39, 0.29) is 0 Å². The Balaban J connectivity index is 2.75. The van der Waals surface area contributed by atoms with Crippen LogP contribution in [0.15, 0.2) is 48.3 Å². The summed E-state index contributed by atoms with van der Waals surface area (Å²) < 4.78 is 0. The van der Waals surface area contributed by atoms with Gasteiger partial charge in [-0.1, -0.05) is 32.6 Å². The summed E-state index contributed by atoms with van der Waals surface area (Å²) in [6, 6.07) is 4.08. The number of hydrogen-bond acceptors (Lipinski definition) is 3. The Morgan fingerprint density at radius 1 is 1.45 bits per heavy atom. The number of aliphatic imine (C=N–C) groups is 1. The summed E-state index contributed by atoms with van der Waals surface area (Å²) in [6.45, 7) is 12.7. The fourth-order valence-corrected chi connectivity index (χ4v) is 1.91. The highest BCUT2D eigenvalue weighted by molar-refractivity contribution is 5.96. The lowest BCUT2D eigenvalue weighted by Gasteiger charge is -2.20. The number of nitrogens with zero attached hydrogens (tertiary/aromatic N) is 3. The molecule has 0 aromatic carbocycles. The van der Waals surface area contributed by atoms with Crippen LogP contribution in [0, 0.1) is 6.92 Å². The summed E-state index contributed by atoms with van der Waals surface area (Å²) in [5.74, 6) is 0. The summed E-state index contributed by atoms with van der Waals surface area (Å²) in [6.07, 6.45) is 8.68. The quantitative estimate of drug-likeness (QED) is 0.673. The van der Waals surface area contributed by atoms with Gasteiger partial charge in [-0.2, -0.15) is 0 Å². The Labute approximate surface area is 122 Å². The zero-order chi connectivity index (χ0) is 14.8. The monoisotopic (exact) mass is 271 g/mol. The summed E-state index contributed by atoms with van der Waals surface area (Å²) in [4.78, 5) is 11.1. The van der Waals surface area contributed by atoms with Crippen molar-refractivity contribution in [1.82, 2.24) is 9.88 Å². The van der Waals surface area contributed by atoms with E-state index in [0.717, 1.165) is 37.5 Å². The molecule has 0 bridgehead atoms. The molecule has 3 nitrogen and oxygen atoms in total. The maximum atomic E-state index is 4.46. The van der Waals surface area contributed by atoms with E-state index in [1.165, 1.54) is 5.56 Å². The Morgan fingerprint density at radius 2 is 2.25 bits per heavy atom. The lowest BCUT2D eigenvalue weighted by atomic mass is 10.2. The van der Waals surface area contributed by atoms with Crippen LogP contribution in [-0.2, 0) is 6.54 Å². The van der Waals surface area contributed by atoms with Crippen LogP contribution in [0.1, 0.15) is 31.5 Å². The highest BCUT2D eigenvalue weighted by Crippen LogP contribution is 2.07. The first-order chi connectivity index (χ1) is 9.71. The molecule has 0 radical (unpaired) electrons. The number of rotatable bonds is 8. The molecule has 0 aliphatic rings. The minimum atomic E-state index is 0.815. The van der Waals surface area contributed by atoms with Crippen LogP contribution in [0.4, 0.5) is 0 Å². The lowest BCUT2D eigenvalue weighted by molar-refractivity contribution is 0.316. The summed E-state index contributed by atoms with van der Waals surface area (Å²) in [5.41, 5.74) is 3.40. The summed E-state index contributed by atoms with van der Waals surface area (Å²) in [7, 11) is 0. The fraction of sp³-hybridized carbons (Fsp3) is 0.412. The van der Waals surface area contributed by atoms with Crippen molar-refractivity contribution in [3.63, 3.8) is 0 Å². The summed E-state index contributed by atoms with van der Waals surface area (Å²) >= 11 is 0. The molecule has 1 heterocycles. The van der Waals surface area contributed by atoms with Crippen molar-refractivity contribution in [1.29, 1.82) is 0 Å². The van der Waals surface area contributed by atoms with Gasteiger partial charge in [0.2, 0.25) is 0 Å². The number of hydrogen-bond donors (Lipinski definition) is 0. The topological polar surface area (TPSA) is 28.5 Å². The molecule has 0 aliphatic heterocycles. The van der Waals surface area contributed by atoms with Crippen LogP contribution in [0.5, 0.6) is 0 Å². The molecule has 1 rings (SSSR count). The van der Waals surface area contributed by atoms with E-state index in [9.17, 15) is 0 Å². The minimum absolute atomic E-state index is 0.815. The van der Waals surface area contributed by atoms with Crippen molar-refractivity contribution >= 4 is 5.71 Å². The average molecular weight is 271 g/mol. The second kappa shape index (κ2) is 9.21. The third-order valence-electron chi connectivity index (χ3n) is 3.13. The second-order valence-electron chi connectivity index (χ2n) is 4.68. The predicted molar refractivity (Wildman–Crippen MR) is 87.0 cm³/mol. The fourth-order valence-electron chi connectivity index (χ4n) is 1.91. The van der Waals surface area contributed by atoms with Gasteiger partial charge in [0.05, 0.1) is 11.4 Å². The first-order valence-corrected chi connectivity index (χ1v) is 7.18. The first kappa shape index (κ1) is 16.3. The van der Waals surface area contributed by atoms with Gasteiger partial charge in [0.1, 0.15) is 0 Å². The largest absolute Gasteiger partial charge is 0.292 e. The molecule has 3 heteroatoms. The normalized spacial score (nSPS) is 12.3. The molecule has 1 aromatic heterocycles. The highest BCUT2D eigenvalue weighted by Gasteiger charge is 2.08. The van der Waals surface area contributed by atoms with Crippen LogP contribution >= 0.6 is 0 Å². The van der Waals surface area contributed by atoms with Gasteiger partial charge in [-0.15, -0.1) is 0 Å². The minimum Gasteiger partial charge on any atom is -0.292 e. The van der Waals surface area contributed by atoms with Crippen molar-refractivity contribution < 1.29 is 0 Å². The molecule has 0 amide bonds. The predicted octanol–water partition coefficient (Wildman–Crippen LogP) is 3.76. The maximum absolute atomic E-state index is 4.46. The molecule has 0 spiro atoms. The van der Waals surface area contributed by atoms with Crippen molar-refractivity contribution in [3.05, 3.63) is 54.5 Å². The number of aryl methyl sites for hydroxylation is 1. The molecule has 0 N–H and O–H groups in total. The van der Waals surface area contributed by atoms with Gasteiger partial charge in [0.25, 0.3) is 0 Å². The zero-order valence-electron chi connectivity index (χ0n) is 12.8. The van der Waals surface area contributed by atoms with Crippen LogP contribution in [0.2, 0.25) is 0 Å². The molecule has 0 unspecified atom stereocenters. The van der Waals surface area contributed by atoms with E-state index in [1.807, 2.05) is 12.3 Å². The molecule has 20 heavy (non-hydrogen) atoms. The van der Waals surface area contributed by atoms with Crippen LogP contribution in [0.25, 0.3) is 0 Å².